The van der Waals surface area contributed by atoms with Gasteiger partial charge in [-0.2, -0.15) is 0 Å². The monoisotopic (exact) mass is 926 g/mol. The third-order valence-electron chi connectivity index (χ3n) is 11.5. The number of aromatic nitrogens is 2. The van der Waals surface area contributed by atoms with Crippen molar-refractivity contribution in [3.63, 3.8) is 0 Å². The Hall–Kier alpha value is -3.89. The highest BCUT2D eigenvalue weighted by molar-refractivity contribution is 7.22. The molecule has 0 bridgehead atoms. The van der Waals surface area contributed by atoms with Gasteiger partial charge in [0.1, 0.15) is 27.2 Å². The number of nitrogens with one attached hydrogen (secondary N) is 3. The normalized spacial score (nSPS) is 14.8. The van der Waals surface area contributed by atoms with Crippen molar-refractivity contribution >= 4 is 83.4 Å². The number of hydrogen-bond acceptors (Lipinski definition) is 13. The molecule has 2 aromatic carbocycles. The lowest BCUT2D eigenvalue weighted by Gasteiger charge is -2.30. The first kappa shape index (κ1) is 47.1. The van der Waals surface area contributed by atoms with E-state index in [2.05, 4.69) is 67.9 Å². The maximum atomic E-state index is 12.9. The van der Waals surface area contributed by atoms with E-state index in [9.17, 15) is 14.4 Å². The van der Waals surface area contributed by atoms with Crippen LogP contribution in [0.3, 0.4) is 0 Å². The zero-order chi connectivity index (χ0) is 44.7. The first-order valence-corrected chi connectivity index (χ1v) is 25.7. The second-order valence-corrected chi connectivity index (χ2v) is 22.1. The second-order valence-electron chi connectivity index (χ2n) is 17.6. The summed E-state index contributed by atoms with van der Waals surface area (Å²) in [5.74, 6) is 0.537. The molecular formula is C49H62N6O4S4. The van der Waals surface area contributed by atoms with Gasteiger partial charge in [0.25, 0.3) is 0 Å². The third kappa shape index (κ3) is 12.1. The van der Waals surface area contributed by atoms with Crippen molar-refractivity contribution in [2.24, 2.45) is 0 Å². The van der Waals surface area contributed by atoms with Crippen molar-refractivity contribution in [2.75, 3.05) is 26.2 Å². The number of para-hydroxylation sites is 2. The Kier molecular flexibility index (Phi) is 16.0. The van der Waals surface area contributed by atoms with Gasteiger partial charge in [-0.15, -0.1) is 45.3 Å². The summed E-state index contributed by atoms with van der Waals surface area (Å²) in [6.45, 7) is 18.7. The van der Waals surface area contributed by atoms with Crippen LogP contribution in [0, 0.1) is 0 Å². The number of fused-ring (bicyclic) bond motifs is 4. The molecule has 2 unspecified atom stereocenters. The molecule has 6 heterocycles. The second kappa shape index (κ2) is 21.4. The van der Waals surface area contributed by atoms with Crippen LogP contribution in [-0.4, -0.2) is 76.4 Å². The number of benzene rings is 2. The summed E-state index contributed by atoms with van der Waals surface area (Å²) < 4.78 is 7.96. The lowest BCUT2D eigenvalue weighted by atomic mass is 10.00. The molecule has 14 heteroatoms. The summed E-state index contributed by atoms with van der Waals surface area (Å²) in [7, 11) is 0. The molecule has 8 rings (SSSR count). The zero-order valence-corrected chi connectivity index (χ0v) is 41.0. The minimum Gasteiger partial charge on any atom is -0.444 e. The molecule has 10 nitrogen and oxygen atoms in total. The van der Waals surface area contributed by atoms with Crippen molar-refractivity contribution in [1.29, 1.82) is 0 Å². The van der Waals surface area contributed by atoms with Gasteiger partial charge in [-0.25, -0.2) is 14.8 Å². The Balaban J connectivity index is 0.000000193. The predicted octanol–water partition coefficient (Wildman–Crippen LogP) is 10.8. The van der Waals surface area contributed by atoms with Crippen molar-refractivity contribution in [2.45, 2.75) is 131 Å². The highest BCUT2D eigenvalue weighted by Gasteiger charge is 2.32. The third-order valence-corrected chi connectivity index (χ3v) is 16.1. The van der Waals surface area contributed by atoms with E-state index in [0.717, 1.165) is 86.4 Å². The fourth-order valence-electron chi connectivity index (χ4n) is 7.78. The molecule has 0 fully saturated rings. The molecule has 6 aromatic rings. The number of hydrogen-bond donors (Lipinski definition) is 3. The van der Waals surface area contributed by atoms with E-state index in [1.54, 1.807) is 50.2 Å². The molecule has 1 amide bonds. The summed E-state index contributed by atoms with van der Waals surface area (Å²) in [5.41, 5.74) is 6.49. The molecule has 0 saturated carbocycles. The van der Waals surface area contributed by atoms with Gasteiger partial charge in [0.15, 0.2) is 0 Å². The highest BCUT2D eigenvalue weighted by Crippen LogP contribution is 2.44. The van der Waals surface area contributed by atoms with Crippen molar-refractivity contribution < 1.29 is 19.1 Å². The fourth-order valence-corrected chi connectivity index (χ4v) is 12.8. The molecule has 2 aliphatic heterocycles. The minimum absolute atomic E-state index is 0.228. The molecule has 0 radical (unpaired) electrons. The van der Waals surface area contributed by atoms with E-state index in [1.165, 1.54) is 31.1 Å². The minimum atomic E-state index is -0.528. The summed E-state index contributed by atoms with van der Waals surface area (Å²) in [5, 5.41) is 12.3. The number of ketones is 2. The highest BCUT2D eigenvalue weighted by atomic mass is 32.1. The SMILES string of the molecule is CCC(C)NCCC(=O)Cc1sc2c(c1-c1nc3ccccc3s1)CCN(C(=O)OC(C)(C)C)C2.CCC(C)NCCC(=O)Cc1sc2c(c1-c1nc3ccccc3s1)CCNC2. The van der Waals surface area contributed by atoms with Crippen LogP contribution < -0.4 is 16.0 Å². The number of amides is 1. The average Bonchev–Trinajstić information content (AvgIpc) is 4.04. The predicted molar refractivity (Wildman–Crippen MR) is 264 cm³/mol. The van der Waals surface area contributed by atoms with Gasteiger partial charge >= 0.3 is 6.09 Å². The standard InChI is InChI=1S/C27H35N3O3S2.C22H27N3OS2/c1-6-17(2)28-13-11-18(31)15-22-24(25-29-20-9-7-8-10-21(20)35-25)19-12-14-30(16-23(19)34-22)26(32)33-27(3,4)5;1-3-14(2)24-11-8-15(26)12-19-21(16-9-10-23-13-20(16)27-19)22-25-17-6-4-5-7-18(17)28-22/h7-10,17,28H,6,11-16H2,1-5H3;4-7,14,23-24H,3,8-13H2,1-2H3. The maximum absolute atomic E-state index is 12.9. The first-order chi connectivity index (χ1) is 30.3. The zero-order valence-electron chi connectivity index (χ0n) is 37.8. The van der Waals surface area contributed by atoms with Gasteiger partial charge in [0.2, 0.25) is 0 Å². The van der Waals surface area contributed by atoms with Gasteiger partial charge < -0.3 is 25.6 Å². The van der Waals surface area contributed by atoms with Crippen LogP contribution in [0.15, 0.2) is 48.5 Å². The largest absolute Gasteiger partial charge is 0.444 e. The Labute approximate surface area is 388 Å². The first-order valence-electron chi connectivity index (χ1n) is 22.5. The quantitative estimate of drug-likeness (QED) is 0.0870. The maximum Gasteiger partial charge on any atom is 0.410 e. The Morgan fingerprint density at radius 1 is 0.746 bits per heavy atom. The molecule has 2 atom stereocenters. The smallest absolute Gasteiger partial charge is 0.410 e. The van der Waals surface area contributed by atoms with E-state index in [-0.39, 0.29) is 11.9 Å². The van der Waals surface area contributed by atoms with Crippen LogP contribution in [0.25, 0.3) is 41.6 Å². The van der Waals surface area contributed by atoms with Gasteiger partial charge in [-0.05, 0) is 102 Å². The van der Waals surface area contributed by atoms with Crippen LogP contribution in [0.2, 0.25) is 0 Å². The number of nitrogens with zero attached hydrogens (tertiary/aromatic N) is 3. The number of thiophene rings is 2. The number of rotatable bonds is 16. The molecule has 2 aliphatic rings. The van der Waals surface area contributed by atoms with Crippen LogP contribution in [0.1, 0.15) is 105 Å². The van der Waals surface area contributed by atoms with Crippen molar-refractivity contribution in [1.82, 2.24) is 30.8 Å². The summed E-state index contributed by atoms with van der Waals surface area (Å²) in [4.78, 5) is 54.7. The van der Waals surface area contributed by atoms with Gasteiger partial charge in [-0.1, -0.05) is 38.1 Å². The molecule has 63 heavy (non-hydrogen) atoms. The number of Topliss-reactive ketones (excluding diaryl/α,β-unsaturated/α-hetero) is 2. The van der Waals surface area contributed by atoms with E-state index in [1.807, 2.05) is 45.0 Å². The van der Waals surface area contributed by atoms with Crippen molar-refractivity contribution in [3.05, 3.63) is 79.2 Å². The lowest BCUT2D eigenvalue weighted by molar-refractivity contribution is -0.119. The molecule has 0 spiro atoms. The number of thiazole rings is 2. The molecule has 4 aromatic heterocycles. The summed E-state index contributed by atoms with van der Waals surface area (Å²) in [6, 6.07) is 17.3. The fraction of sp³-hybridized carbons (Fsp3) is 0.490. The molecule has 0 aliphatic carbocycles. The van der Waals surface area contributed by atoms with E-state index < -0.39 is 5.60 Å². The molecule has 3 N–H and O–H groups in total. The van der Waals surface area contributed by atoms with Crippen molar-refractivity contribution in [3.8, 4) is 21.1 Å². The summed E-state index contributed by atoms with van der Waals surface area (Å²) in [6.07, 6.45) is 5.61. The molecule has 336 valence electrons. The van der Waals surface area contributed by atoms with Gasteiger partial charge in [0.05, 0.1) is 27.0 Å². The number of carbonyl (C=O) groups excluding carboxylic acids is 3. The molecular weight excluding hydrogens is 865 g/mol. The Morgan fingerprint density at radius 2 is 1.25 bits per heavy atom. The van der Waals surface area contributed by atoms with Gasteiger partial charge in [-0.3, -0.25) is 9.59 Å². The van der Waals surface area contributed by atoms with E-state index in [0.29, 0.717) is 63.2 Å². The molecule has 0 saturated heterocycles. The Morgan fingerprint density at radius 3 is 1.76 bits per heavy atom. The van der Waals surface area contributed by atoms with Crippen LogP contribution in [0.4, 0.5) is 4.79 Å². The van der Waals surface area contributed by atoms with Crippen LogP contribution in [-0.2, 0) is 53.1 Å². The lowest BCUT2D eigenvalue weighted by Crippen LogP contribution is -2.39. The Bertz CT molecular complexity index is 2460. The number of carbonyl (C=O) groups is 3. The summed E-state index contributed by atoms with van der Waals surface area (Å²) >= 11 is 6.88. The topological polar surface area (TPSA) is 126 Å². The van der Waals surface area contributed by atoms with E-state index >= 15 is 0 Å². The average molecular weight is 927 g/mol. The van der Waals surface area contributed by atoms with Crippen LogP contribution in [0.5, 0.6) is 0 Å². The van der Waals surface area contributed by atoms with Gasteiger partial charge in [0, 0.05) is 94.6 Å². The van der Waals surface area contributed by atoms with E-state index in [4.69, 9.17) is 14.7 Å². The number of ether oxygens (including phenoxy) is 1. The van der Waals surface area contributed by atoms with Crippen LogP contribution >= 0.6 is 45.3 Å².